The predicted molar refractivity (Wildman–Crippen MR) is 320 cm³/mol. The van der Waals surface area contributed by atoms with E-state index in [9.17, 15) is 35.1 Å². The van der Waals surface area contributed by atoms with E-state index in [1.807, 2.05) is 6.08 Å². The van der Waals surface area contributed by atoms with Crippen LogP contribution in [0.25, 0.3) is 0 Å². The fourth-order valence-electron chi connectivity index (χ4n) is 10.0. The average Bonchev–Trinajstić information content (AvgIpc) is 3.43. The lowest BCUT2D eigenvalue weighted by Crippen LogP contribution is -2.61. The van der Waals surface area contributed by atoms with Gasteiger partial charge in [-0.2, -0.15) is 0 Å². The van der Waals surface area contributed by atoms with Crippen molar-refractivity contribution in [1.82, 2.24) is 5.32 Å². The molecule has 6 N–H and O–H groups in total. The second kappa shape index (κ2) is 54.2. The third-order valence-corrected chi connectivity index (χ3v) is 15.2. The summed E-state index contributed by atoms with van der Waals surface area (Å²) in [5.41, 5.74) is 0. The van der Waals surface area contributed by atoms with Crippen LogP contribution in [0.4, 0.5) is 0 Å². The SMILES string of the molecule is CCCCC/C=C/C=C/CCCCCCCC(O)C(=O)NC(COC1OC(CO)C(O)C(O)C1OC(=O)CCCCCCCCCCCCCCC/C=C/CCCCCCCC)C(O)/C=C/CCCCCCCCCCC. The number of amides is 1. The molecule has 0 bridgehead atoms. The molecule has 1 amide bonds. The molecule has 11 heteroatoms. The Bertz CT molecular complexity index is 1440. The van der Waals surface area contributed by atoms with E-state index in [2.05, 4.69) is 62.5 Å². The molecule has 0 aromatic carbocycles. The van der Waals surface area contributed by atoms with Gasteiger partial charge in [-0.1, -0.05) is 262 Å². The van der Waals surface area contributed by atoms with Crippen LogP contribution in [-0.4, -0.2) is 99.6 Å². The lowest BCUT2D eigenvalue weighted by atomic mass is 9.99. The maximum atomic E-state index is 13.4. The van der Waals surface area contributed by atoms with Crippen molar-refractivity contribution in [3.05, 3.63) is 48.6 Å². The second-order valence-electron chi connectivity index (χ2n) is 22.5. The molecule has 77 heavy (non-hydrogen) atoms. The molecule has 8 unspecified atom stereocenters. The number of esters is 1. The normalized spacial score (nSPS) is 19.3. The molecule has 1 saturated heterocycles. The van der Waals surface area contributed by atoms with Crippen molar-refractivity contribution in [1.29, 1.82) is 0 Å². The minimum Gasteiger partial charge on any atom is -0.454 e. The minimum atomic E-state index is -1.61. The van der Waals surface area contributed by atoms with Gasteiger partial charge in [0.1, 0.15) is 24.4 Å². The Labute approximate surface area is 472 Å². The lowest BCUT2D eigenvalue weighted by Gasteiger charge is -2.41. The average molecular weight is 1090 g/mol. The molecule has 1 heterocycles. The lowest BCUT2D eigenvalue weighted by molar-refractivity contribution is -0.305. The van der Waals surface area contributed by atoms with Crippen LogP contribution < -0.4 is 5.32 Å². The van der Waals surface area contributed by atoms with Gasteiger partial charge in [-0.25, -0.2) is 0 Å². The summed E-state index contributed by atoms with van der Waals surface area (Å²) in [7, 11) is 0. The highest BCUT2D eigenvalue weighted by Gasteiger charge is 2.47. The van der Waals surface area contributed by atoms with Gasteiger partial charge >= 0.3 is 5.97 Å². The molecule has 0 spiro atoms. The first-order valence-electron chi connectivity index (χ1n) is 32.4. The molecular formula is C66H121NO10. The summed E-state index contributed by atoms with van der Waals surface area (Å²) in [5.74, 6) is -1.20. The van der Waals surface area contributed by atoms with Crippen LogP contribution in [0.5, 0.6) is 0 Å². The van der Waals surface area contributed by atoms with Crippen LogP contribution in [-0.2, 0) is 23.8 Å². The van der Waals surface area contributed by atoms with E-state index < -0.39 is 67.4 Å². The summed E-state index contributed by atoms with van der Waals surface area (Å²) >= 11 is 0. The fraction of sp³-hybridized carbons (Fsp3) is 0.848. The molecule has 450 valence electrons. The van der Waals surface area contributed by atoms with Gasteiger partial charge in [0.15, 0.2) is 12.4 Å². The zero-order valence-corrected chi connectivity index (χ0v) is 49.8. The van der Waals surface area contributed by atoms with E-state index in [0.717, 1.165) is 77.0 Å². The molecule has 0 aromatic rings. The first-order chi connectivity index (χ1) is 37.7. The first-order valence-corrected chi connectivity index (χ1v) is 32.4. The highest BCUT2D eigenvalue weighted by atomic mass is 16.7. The van der Waals surface area contributed by atoms with Gasteiger partial charge in [-0.15, -0.1) is 0 Å². The number of allylic oxidation sites excluding steroid dienone is 7. The van der Waals surface area contributed by atoms with Crippen molar-refractivity contribution in [2.24, 2.45) is 0 Å². The number of unbranched alkanes of at least 4 members (excludes halogenated alkanes) is 36. The molecule has 0 radical (unpaired) electrons. The molecule has 8 atom stereocenters. The predicted octanol–water partition coefficient (Wildman–Crippen LogP) is 15.6. The van der Waals surface area contributed by atoms with Crippen molar-refractivity contribution in [2.75, 3.05) is 13.2 Å². The number of ether oxygens (including phenoxy) is 3. The number of rotatable bonds is 55. The number of aliphatic hydroxyl groups is 5. The van der Waals surface area contributed by atoms with E-state index in [-0.39, 0.29) is 19.4 Å². The Hall–Kier alpha value is -2.38. The van der Waals surface area contributed by atoms with Crippen molar-refractivity contribution < 1.29 is 49.3 Å². The third kappa shape index (κ3) is 42.2. The number of nitrogens with one attached hydrogen (secondary N) is 1. The quantitative estimate of drug-likeness (QED) is 0.0149. The minimum absolute atomic E-state index is 0.123. The van der Waals surface area contributed by atoms with Gasteiger partial charge in [0.2, 0.25) is 5.91 Å². The largest absolute Gasteiger partial charge is 0.454 e. The molecule has 0 saturated carbocycles. The molecule has 0 aliphatic carbocycles. The molecule has 11 nitrogen and oxygen atoms in total. The van der Waals surface area contributed by atoms with Gasteiger partial charge in [-0.3, -0.25) is 9.59 Å². The third-order valence-electron chi connectivity index (χ3n) is 15.2. The maximum Gasteiger partial charge on any atom is 0.306 e. The zero-order valence-electron chi connectivity index (χ0n) is 49.8. The van der Waals surface area contributed by atoms with Crippen molar-refractivity contribution in [3.8, 4) is 0 Å². The molecule has 1 fully saturated rings. The Kier molecular flexibility index (Phi) is 51.1. The van der Waals surface area contributed by atoms with Crippen molar-refractivity contribution >= 4 is 11.9 Å². The zero-order chi connectivity index (χ0) is 56.1. The standard InChI is InChI=1S/C66H121NO10/c1-4-7-10-13-16-19-22-24-26-27-28-29-30-31-32-33-34-36-39-42-45-48-51-54-61(71)77-64-63(73)62(72)60(55-68)76-66(64)75-56-57(58(69)52-49-46-43-40-37-21-18-15-12-9-6-3)67-65(74)59(70)53-50-47-44-41-38-35-25-23-20-17-14-11-8-5-2/h17,20,23-26,49,52,57-60,62-64,66,68-70,72-73H,4-16,18-19,21-22,27-48,50-51,53-56H2,1-3H3,(H,67,74)/b20-17+,25-23+,26-24+,52-49+. The summed E-state index contributed by atoms with van der Waals surface area (Å²) in [6.45, 7) is 5.76. The van der Waals surface area contributed by atoms with Gasteiger partial charge < -0.3 is 45.1 Å². The topological polar surface area (TPSA) is 175 Å². The van der Waals surface area contributed by atoms with Gasteiger partial charge in [0.25, 0.3) is 0 Å². The van der Waals surface area contributed by atoms with Crippen LogP contribution in [0.15, 0.2) is 48.6 Å². The van der Waals surface area contributed by atoms with E-state index in [4.69, 9.17) is 14.2 Å². The number of hydrogen-bond acceptors (Lipinski definition) is 10. The summed E-state index contributed by atoms with van der Waals surface area (Å²) in [6, 6.07) is -1.03. The van der Waals surface area contributed by atoms with Gasteiger partial charge in [-0.05, 0) is 77.0 Å². The van der Waals surface area contributed by atoms with E-state index >= 15 is 0 Å². The highest BCUT2D eigenvalue weighted by Crippen LogP contribution is 2.26. The number of carbonyl (C=O) groups excluding carboxylic acids is 2. The Morgan fingerprint density at radius 3 is 1.36 bits per heavy atom. The Balaban J connectivity index is 2.60. The smallest absolute Gasteiger partial charge is 0.306 e. The van der Waals surface area contributed by atoms with Crippen LogP contribution in [0, 0.1) is 0 Å². The van der Waals surface area contributed by atoms with E-state index in [0.29, 0.717) is 12.8 Å². The Morgan fingerprint density at radius 1 is 0.506 bits per heavy atom. The monoisotopic (exact) mass is 1090 g/mol. The van der Waals surface area contributed by atoms with Gasteiger partial charge in [0.05, 0.1) is 25.4 Å². The first kappa shape index (κ1) is 72.6. The van der Waals surface area contributed by atoms with Crippen molar-refractivity contribution in [3.63, 3.8) is 0 Å². The van der Waals surface area contributed by atoms with Crippen LogP contribution in [0.3, 0.4) is 0 Å². The van der Waals surface area contributed by atoms with E-state index in [1.165, 1.54) is 173 Å². The summed E-state index contributed by atoms with van der Waals surface area (Å²) in [4.78, 5) is 26.5. The molecule has 1 aliphatic heterocycles. The molecule has 1 rings (SSSR count). The van der Waals surface area contributed by atoms with Crippen LogP contribution in [0.2, 0.25) is 0 Å². The number of carbonyl (C=O) groups is 2. The second-order valence-corrected chi connectivity index (χ2v) is 22.5. The summed E-state index contributed by atoms with van der Waals surface area (Å²) in [6.07, 6.45) is 55.8. The van der Waals surface area contributed by atoms with Gasteiger partial charge in [0, 0.05) is 6.42 Å². The Morgan fingerprint density at radius 2 is 0.896 bits per heavy atom. The molecule has 0 aromatic heterocycles. The number of aliphatic hydroxyl groups excluding tert-OH is 5. The molecular weight excluding hydrogens is 967 g/mol. The fourth-order valence-corrected chi connectivity index (χ4v) is 10.0. The summed E-state index contributed by atoms with van der Waals surface area (Å²) in [5, 5.41) is 57.0. The van der Waals surface area contributed by atoms with Crippen LogP contribution in [0.1, 0.15) is 297 Å². The maximum absolute atomic E-state index is 13.4. The van der Waals surface area contributed by atoms with Crippen molar-refractivity contribution in [2.45, 2.75) is 346 Å². The van der Waals surface area contributed by atoms with Crippen LogP contribution >= 0.6 is 0 Å². The van der Waals surface area contributed by atoms with E-state index in [1.54, 1.807) is 6.08 Å². The highest BCUT2D eigenvalue weighted by molar-refractivity contribution is 5.80. The summed E-state index contributed by atoms with van der Waals surface area (Å²) < 4.78 is 17.6. The number of hydrogen-bond donors (Lipinski definition) is 6. The molecule has 1 aliphatic rings.